The largest absolute Gasteiger partial charge is 0.379 e. The SMILES string of the molecule is CCc1nn(CC)c(CNc2ccc(Br)c(F)c2)c1Br. The molecule has 1 heterocycles. The highest BCUT2D eigenvalue weighted by atomic mass is 79.9. The van der Waals surface area contributed by atoms with Gasteiger partial charge in [0.2, 0.25) is 0 Å². The van der Waals surface area contributed by atoms with E-state index in [1.807, 2.05) is 10.7 Å². The van der Waals surface area contributed by atoms with Crippen LogP contribution in [0.15, 0.2) is 27.1 Å². The molecule has 0 aliphatic rings. The molecule has 0 aliphatic heterocycles. The second kappa shape index (κ2) is 6.72. The number of benzene rings is 1. The molecule has 0 bridgehead atoms. The van der Waals surface area contributed by atoms with E-state index in [0.717, 1.165) is 34.5 Å². The first-order chi connectivity index (χ1) is 9.56. The zero-order chi connectivity index (χ0) is 14.7. The van der Waals surface area contributed by atoms with Gasteiger partial charge in [-0.1, -0.05) is 6.92 Å². The van der Waals surface area contributed by atoms with Crippen LogP contribution in [0, 0.1) is 5.82 Å². The van der Waals surface area contributed by atoms with Crippen molar-refractivity contribution < 1.29 is 4.39 Å². The molecule has 0 atom stereocenters. The van der Waals surface area contributed by atoms with Gasteiger partial charge in [0.25, 0.3) is 0 Å². The van der Waals surface area contributed by atoms with Crippen molar-refractivity contribution in [2.75, 3.05) is 5.32 Å². The lowest BCUT2D eigenvalue weighted by molar-refractivity contribution is 0.616. The molecule has 0 saturated heterocycles. The van der Waals surface area contributed by atoms with E-state index < -0.39 is 0 Å². The van der Waals surface area contributed by atoms with Crippen molar-refractivity contribution in [1.82, 2.24) is 9.78 Å². The summed E-state index contributed by atoms with van der Waals surface area (Å²) >= 11 is 6.75. The summed E-state index contributed by atoms with van der Waals surface area (Å²) < 4.78 is 16.9. The van der Waals surface area contributed by atoms with E-state index >= 15 is 0 Å². The highest BCUT2D eigenvalue weighted by Crippen LogP contribution is 2.24. The summed E-state index contributed by atoms with van der Waals surface area (Å²) in [7, 11) is 0. The molecule has 0 aliphatic carbocycles. The molecule has 0 unspecified atom stereocenters. The van der Waals surface area contributed by atoms with Gasteiger partial charge in [0.1, 0.15) is 5.82 Å². The van der Waals surface area contributed by atoms with Gasteiger partial charge in [-0.2, -0.15) is 5.10 Å². The van der Waals surface area contributed by atoms with Gasteiger partial charge in [0.15, 0.2) is 0 Å². The van der Waals surface area contributed by atoms with Gasteiger partial charge in [0.05, 0.1) is 26.9 Å². The maximum Gasteiger partial charge on any atom is 0.139 e. The fourth-order valence-corrected chi connectivity index (χ4v) is 2.93. The van der Waals surface area contributed by atoms with Crippen molar-refractivity contribution in [2.45, 2.75) is 33.4 Å². The van der Waals surface area contributed by atoms with E-state index in [1.54, 1.807) is 6.07 Å². The van der Waals surface area contributed by atoms with E-state index in [1.165, 1.54) is 6.07 Å². The minimum Gasteiger partial charge on any atom is -0.379 e. The third-order valence-electron chi connectivity index (χ3n) is 3.07. The van der Waals surface area contributed by atoms with E-state index in [4.69, 9.17) is 0 Å². The van der Waals surface area contributed by atoms with Crippen LogP contribution in [0.5, 0.6) is 0 Å². The first-order valence-electron chi connectivity index (χ1n) is 6.49. The molecule has 0 amide bonds. The summed E-state index contributed by atoms with van der Waals surface area (Å²) in [5.41, 5.74) is 2.87. The minimum atomic E-state index is -0.271. The van der Waals surface area contributed by atoms with Crippen LogP contribution in [0.25, 0.3) is 0 Å². The van der Waals surface area contributed by atoms with Crippen molar-refractivity contribution >= 4 is 37.5 Å². The van der Waals surface area contributed by atoms with Gasteiger partial charge >= 0.3 is 0 Å². The molecule has 1 N–H and O–H groups in total. The number of aryl methyl sites for hydroxylation is 2. The average Bonchev–Trinajstić information content (AvgIpc) is 2.76. The molecular formula is C14H16Br2FN3. The zero-order valence-electron chi connectivity index (χ0n) is 11.4. The molecule has 3 nitrogen and oxygen atoms in total. The van der Waals surface area contributed by atoms with Crippen molar-refractivity contribution in [3.63, 3.8) is 0 Å². The summed E-state index contributed by atoms with van der Waals surface area (Å²) in [4.78, 5) is 0. The number of anilines is 1. The van der Waals surface area contributed by atoms with Crippen LogP contribution < -0.4 is 5.32 Å². The van der Waals surface area contributed by atoms with E-state index in [0.29, 0.717) is 11.0 Å². The van der Waals surface area contributed by atoms with Crippen molar-refractivity contribution in [2.24, 2.45) is 0 Å². The highest BCUT2D eigenvalue weighted by molar-refractivity contribution is 9.10. The third-order valence-corrected chi connectivity index (χ3v) is 4.63. The summed E-state index contributed by atoms with van der Waals surface area (Å²) in [5, 5.41) is 7.77. The van der Waals surface area contributed by atoms with Crippen LogP contribution >= 0.6 is 31.9 Å². The minimum absolute atomic E-state index is 0.271. The number of halogens is 3. The van der Waals surface area contributed by atoms with Crippen molar-refractivity contribution in [3.8, 4) is 0 Å². The molecule has 20 heavy (non-hydrogen) atoms. The molecule has 0 radical (unpaired) electrons. The average molecular weight is 405 g/mol. The Morgan fingerprint density at radius 2 is 2.05 bits per heavy atom. The summed E-state index contributed by atoms with van der Waals surface area (Å²) in [6.07, 6.45) is 0.882. The molecule has 0 saturated carbocycles. The number of hydrogen-bond acceptors (Lipinski definition) is 2. The standard InChI is InChI=1S/C14H16Br2FN3/c1-3-12-14(16)13(20(4-2)19-12)8-18-9-5-6-10(15)11(17)7-9/h5-7,18H,3-4,8H2,1-2H3. The predicted molar refractivity (Wildman–Crippen MR) is 86.4 cm³/mol. The second-order valence-corrected chi connectivity index (χ2v) is 6.01. The molecule has 1 aromatic carbocycles. The summed E-state index contributed by atoms with van der Waals surface area (Å²) in [6.45, 7) is 5.54. The highest BCUT2D eigenvalue weighted by Gasteiger charge is 2.13. The topological polar surface area (TPSA) is 29.9 Å². The van der Waals surface area contributed by atoms with Crippen LogP contribution in [0.3, 0.4) is 0 Å². The Balaban J connectivity index is 2.17. The normalized spacial score (nSPS) is 10.8. The van der Waals surface area contributed by atoms with Crippen molar-refractivity contribution in [1.29, 1.82) is 0 Å². The van der Waals surface area contributed by atoms with Crippen LogP contribution in [0.4, 0.5) is 10.1 Å². The first kappa shape index (κ1) is 15.5. The smallest absolute Gasteiger partial charge is 0.139 e. The monoisotopic (exact) mass is 403 g/mol. The van der Waals surface area contributed by atoms with Gasteiger partial charge in [0, 0.05) is 12.2 Å². The Kier molecular flexibility index (Phi) is 5.21. The maximum atomic E-state index is 13.5. The van der Waals surface area contributed by atoms with E-state index in [9.17, 15) is 4.39 Å². The molecule has 2 aromatic rings. The molecule has 0 fully saturated rings. The lowest BCUT2D eigenvalue weighted by Gasteiger charge is -2.09. The van der Waals surface area contributed by atoms with Crippen LogP contribution in [0.1, 0.15) is 25.2 Å². The quantitative estimate of drug-likeness (QED) is 0.779. The lowest BCUT2D eigenvalue weighted by Crippen LogP contribution is -2.08. The molecule has 2 rings (SSSR count). The van der Waals surface area contributed by atoms with E-state index in [2.05, 4.69) is 56.1 Å². The number of nitrogens with one attached hydrogen (secondary N) is 1. The van der Waals surface area contributed by atoms with Crippen LogP contribution in [-0.2, 0) is 19.5 Å². The lowest BCUT2D eigenvalue weighted by atomic mass is 10.2. The van der Waals surface area contributed by atoms with Crippen LogP contribution in [-0.4, -0.2) is 9.78 Å². The van der Waals surface area contributed by atoms with Gasteiger partial charge in [-0.05, 0) is 63.4 Å². The predicted octanol–water partition coefficient (Wildman–Crippen LogP) is 4.74. The fourth-order valence-electron chi connectivity index (χ4n) is 1.98. The number of hydrogen-bond donors (Lipinski definition) is 1. The molecule has 1 aromatic heterocycles. The molecule has 108 valence electrons. The fraction of sp³-hybridized carbons (Fsp3) is 0.357. The van der Waals surface area contributed by atoms with Crippen LogP contribution in [0.2, 0.25) is 0 Å². The zero-order valence-corrected chi connectivity index (χ0v) is 14.6. The van der Waals surface area contributed by atoms with E-state index in [-0.39, 0.29) is 5.82 Å². The Morgan fingerprint density at radius 1 is 1.30 bits per heavy atom. The molecule has 6 heteroatoms. The number of aromatic nitrogens is 2. The van der Waals surface area contributed by atoms with Gasteiger partial charge in [-0.15, -0.1) is 0 Å². The summed E-state index contributed by atoms with van der Waals surface area (Å²) in [5.74, 6) is -0.271. The molecule has 0 spiro atoms. The number of rotatable bonds is 5. The van der Waals surface area contributed by atoms with Gasteiger partial charge in [-0.25, -0.2) is 4.39 Å². The second-order valence-electron chi connectivity index (χ2n) is 4.36. The van der Waals surface area contributed by atoms with Crippen molar-refractivity contribution in [3.05, 3.63) is 44.3 Å². The first-order valence-corrected chi connectivity index (χ1v) is 8.08. The Labute approximate surface area is 134 Å². The number of nitrogens with zero attached hydrogens (tertiary/aromatic N) is 2. The summed E-state index contributed by atoms with van der Waals surface area (Å²) in [6, 6.07) is 5.02. The Hall–Kier alpha value is -0.880. The third kappa shape index (κ3) is 3.23. The Morgan fingerprint density at radius 3 is 2.65 bits per heavy atom. The maximum absolute atomic E-state index is 13.5. The molecular weight excluding hydrogens is 389 g/mol. The Bertz CT molecular complexity index is 611. The van der Waals surface area contributed by atoms with Gasteiger partial charge in [-0.3, -0.25) is 4.68 Å². The van der Waals surface area contributed by atoms with Gasteiger partial charge < -0.3 is 5.32 Å².